The molecule has 0 radical (unpaired) electrons. The highest BCUT2D eigenvalue weighted by Gasteiger charge is 2.23. The summed E-state index contributed by atoms with van der Waals surface area (Å²) in [7, 11) is 0. The van der Waals surface area contributed by atoms with Crippen LogP contribution in [0.1, 0.15) is 31.2 Å². The van der Waals surface area contributed by atoms with Gasteiger partial charge in [-0.1, -0.05) is 30.3 Å². The zero-order valence-corrected chi connectivity index (χ0v) is 12.2. The Morgan fingerprint density at radius 2 is 1.67 bits per heavy atom. The minimum Gasteiger partial charge on any atom is -0.490 e. The van der Waals surface area contributed by atoms with Gasteiger partial charge in [-0.2, -0.15) is 0 Å². The first-order valence-corrected chi connectivity index (χ1v) is 7.96. The summed E-state index contributed by atoms with van der Waals surface area (Å²) in [6, 6.07) is 18.0. The fraction of sp³-hybridized carbons (Fsp3) is 0.368. The van der Waals surface area contributed by atoms with Crippen LogP contribution in [0, 0.1) is 0 Å². The van der Waals surface area contributed by atoms with Crippen molar-refractivity contribution in [2.75, 3.05) is 0 Å². The van der Waals surface area contributed by atoms with Crippen molar-refractivity contribution >= 4 is 0 Å². The molecule has 1 N–H and O–H groups in total. The maximum absolute atomic E-state index is 5.89. The summed E-state index contributed by atoms with van der Waals surface area (Å²) < 4.78 is 5.89. The van der Waals surface area contributed by atoms with Crippen LogP contribution in [0.3, 0.4) is 0 Å². The Bertz CT molecular complexity index is 629. The van der Waals surface area contributed by atoms with E-state index in [-0.39, 0.29) is 0 Å². The lowest BCUT2D eigenvalue weighted by Crippen LogP contribution is -2.15. The van der Waals surface area contributed by atoms with Gasteiger partial charge in [-0.3, -0.25) is 0 Å². The van der Waals surface area contributed by atoms with E-state index in [9.17, 15) is 0 Å². The molecule has 2 nitrogen and oxygen atoms in total. The molecule has 2 aromatic carbocycles. The van der Waals surface area contributed by atoms with Crippen LogP contribution in [-0.2, 0) is 6.54 Å². The first kappa shape index (κ1) is 12.9. The van der Waals surface area contributed by atoms with E-state index in [4.69, 9.17) is 4.74 Å². The van der Waals surface area contributed by atoms with Gasteiger partial charge >= 0.3 is 0 Å². The first-order chi connectivity index (χ1) is 10.4. The second-order valence-corrected chi connectivity index (χ2v) is 6.20. The molecule has 2 aliphatic rings. The summed E-state index contributed by atoms with van der Waals surface area (Å²) in [4.78, 5) is 0. The average Bonchev–Trinajstić information content (AvgIpc) is 3.41. The predicted octanol–water partition coefficient (Wildman–Crippen LogP) is 4.15. The topological polar surface area (TPSA) is 21.3 Å². The normalized spacial score (nSPS) is 17.7. The van der Waals surface area contributed by atoms with E-state index in [2.05, 4.69) is 53.8 Å². The number of hydrogen-bond acceptors (Lipinski definition) is 2. The standard InChI is InChI=1S/C19H21NO/c1-3-14(13-20-17-7-8-17)11-15(4-1)16-5-2-6-19(12-16)21-18-9-10-18/h1-6,11-12,17-18,20H,7-10,13H2. The molecule has 0 aromatic heterocycles. The van der Waals surface area contributed by atoms with E-state index in [1.54, 1.807) is 0 Å². The fourth-order valence-electron chi connectivity index (χ4n) is 2.54. The summed E-state index contributed by atoms with van der Waals surface area (Å²) in [5.74, 6) is 0.997. The largest absolute Gasteiger partial charge is 0.490 e. The van der Waals surface area contributed by atoms with Crippen LogP contribution in [0.25, 0.3) is 11.1 Å². The third-order valence-electron chi connectivity index (χ3n) is 4.09. The molecule has 0 saturated heterocycles. The van der Waals surface area contributed by atoms with Crippen LogP contribution in [-0.4, -0.2) is 12.1 Å². The van der Waals surface area contributed by atoms with Gasteiger partial charge in [-0.25, -0.2) is 0 Å². The second kappa shape index (κ2) is 5.53. The third kappa shape index (κ3) is 3.45. The maximum atomic E-state index is 5.89. The molecule has 0 heterocycles. The summed E-state index contributed by atoms with van der Waals surface area (Å²) in [5.41, 5.74) is 3.86. The average molecular weight is 279 g/mol. The van der Waals surface area contributed by atoms with Crippen LogP contribution in [0.4, 0.5) is 0 Å². The predicted molar refractivity (Wildman–Crippen MR) is 85.4 cm³/mol. The van der Waals surface area contributed by atoms with Crippen molar-refractivity contribution in [3.05, 3.63) is 54.1 Å². The fourth-order valence-corrected chi connectivity index (χ4v) is 2.54. The summed E-state index contributed by atoms with van der Waals surface area (Å²) in [6.45, 7) is 0.969. The number of ether oxygens (including phenoxy) is 1. The van der Waals surface area contributed by atoms with Crippen molar-refractivity contribution in [3.63, 3.8) is 0 Å². The van der Waals surface area contributed by atoms with E-state index < -0.39 is 0 Å². The lowest BCUT2D eigenvalue weighted by molar-refractivity contribution is 0.303. The molecule has 0 aliphatic heterocycles. The second-order valence-electron chi connectivity index (χ2n) is 6.20. The van der Waals surface area contributed by atoms with E-state index in [0.29, 0.717) is 6.10 Å². The zero-order valence-electron chi connectivity index (χ0n) is 12.2. The Morgan fingerprint density at radius 3 is 2.43 bits per heavy atom. The number of rotatable bonds is 6. The van der Waals surface area contributed by atoms with Gasteiger partial charge in [-0.15, -0.1) is 0 Å². The molecule has 2 aromatic rings. The minimum absolute atomic E-state index is 0.453. The molecule has 4 rings (SSSR count). The quantitative estimate of drug-likeness (QED) is 0.857. The van der Waals surface area contributed by atoms with Gasteiger partial charge in [0.2, 0.25) is 0 Å². The molecule has 0 spiro atoms. The highest BCUT2D eigenvalue weighted by Crippen LogP contribution is 2.30. The van der Waals surface area contributed by atoms with E-state index in [1.165, 1.54) is 42.4 Å². The number of nitrogens with one attached hydrogen (secondary N) is 1. The molecule has 108 valence electrons. The van der Waals surface area contributed by atoms with Crippen molar-refractivity contribution in [2.24, 2.45) is 0 Å². The lowest BCUT2D eigenvalue weighted by atomic mass is 10.0. The lowest BCUT2D eigenvalue weighted by Gasteiger charge is -2.09. The molecule has 0 unspecified atom stereocenters. The molecule has 21 heavy (non-hydrogen) atoms. The minimum atomic E-state index is 0.453. The van der Waals surface area contributed by atoms with Crippen LogP contribution in [0.15, 0.2) is 48.5 Å². The summed E-state index contributed by atoms with van der Waals surface area (Å²) in [5, 5.41) is 3.57. The Morgan fingerprint density at radius 1 is 0.905 bits per heavy atom. The van der Waals surface area contributed by atoms with Crippen LogP contribution in [0.5, 0.6) is 5.75 Å². The molecule has 2 fully saturated rings. The Kier molecular flexibility index (Phi) is 3.40. The summed E-state index contributed by atoms with van der Waals surface area (Å²) in [6.07, 6.45) is 5.52. The van der Waals surface area contributed by atoms with Crippen LogP contribution < -0.4 is 10.1 Å². The first-order valence-electron chi connectivity index (χ1n) is 7.96. The Labute approximate surface area is 126 Å². The van der Waals surface area contributed by atoms with Gasteiger partial charge in [0.1, 0.15) is 5.75 Å². The highest BCUT2D eigenvalue weighted by molar-refractivity contribution is 5.65. The molecular weight excluding hydrogens is 258 g/mol. The van der Waals surface area contributed by atoms with Crippen LogP contribution >= 0.6 is 0 Å². The molecule has 0 atom stereocenters. The van der Waals surface area contributed by atoms with Gasteiger partial charge in [0, 0.05) is 12.6 Å². The highest BCUT2D eigenvalue weighted by atomic mass is 16.5. The van der Waals surface area contributed by atoms with E-state index in [1.807, 2.05) is 0 Å². The van der Waals surface area contributed by atoms with Crippen LogP contribution in [0.2, 0.25) is 0 Å². The monoisotopic (exact) mass is 279 g/mol. The number of hydrogen-bond donors (Lipinski definition) is 1. The molecule has 0 amide bonds. The summed E-state index contributed by atoms with van der Waals surface area (Å²) >= 11 is 0. The maximum Gasteiger partial charge on any atom is 0.120 e. The van der Waals surface area contributed by atoms with Crippen molar-refractivity contribution < 1.29 is 4.74 Å². The van der Waals surface area contributed by atoms with Gasteiger partial charge in [-0.05, 0) is 60.6 Å². The van der Waals surface area contributed by atoms with Crippen molar-refractivity contribution in [3.8, 4) is 16.9 Å². The molecular formula is C19H21NO. The van der Waals surface area contributed by atoms with Gasteiger partial charge in [0.15, 0.2) is 0 Å². The van der Waals surface area contributed by atoms with Crippen molar-refractivity contribution in [1.29, 1.82) is 0 Å². The van der Waals surface area contributed by atoms with Gasteiger partial charge < -0.3 is 10.1 Å². The molecule has 0 bridgehead atoms. The van der Waals surface area contributed by atoms with Gasteiger partial charge in [0.05, 0.1) is 6.10 Å². The van der Waals surface area contributed by atoms with E-state index in [0.717, 1.165) is 18.3 Å². The Hall–Kier alpha value is -1.80. The molecule has 2 heteroatoms. The molecule has 2 aliphatic carbocycles. The zero-order chi connectivity index (χ0) is 14.1. The Balaban J connectivity index is 1.52. The van der Waals surface area contributed by atoms with Crippen molar-refractivity contribution in [2.45, 2.75) is 44.4 Å². The SMILES string of the molecule is c1cc(CNC2CC2)cc(-c2cccc(OC3CC3)c2)c1. The van der Waals surface area contributed by atoms with Crippen molar-refractivity contribution in [1.82, 2.24) is 5.32 Å². The molecule has 2 saturated carbocycles. The third-order valence-corrected chi connectivity index (χ3v) is 4.09. The van der Waals surface area contributed by atoms with Gasteiger partial charge in [0.25, 0.3) is 0 Å². The smallest absolute Gasteiger partial charge is 0.120 e. The number of benzene rings is 2. The van der Waals surface area contributed by atoms with E-state index >= 15 is 0 Å².